The maximum absolute atomic E-state index is 13.2. The number of sulfonamides is 1. The second-order valence-corrected chi connectivity index (χ2v) is 9.75. The number of aryl methyl sites for hydroxylation is 2. The fourth-order valence-corrected chi connectivity index (χ4v) is 5.85. The van der Waals surface area contributed by atoms with Crippen molar-refractivity contribution >= 4 is 27.5 Å². The number of amides is 1. The molecule has 1 saturated heterocycles. The zero-order chi connectivity index (χ0) is 20.1. The van der Waals surface area contributed by atoms with Crippen molar-refractivity contribution in [3.63, 3.8) is 0 Å². The van der Waals surface area contributed by atoms with Gasteiger partial charge in [-0.3, -0.25) is 4.79 Å². The Hall–Kier alpha value is -1.90. The fourth-order valence-electron chi connectivity index (χ4n) is 3.94. The van der Waals surface area contributed by atoms with Crippen LogP contribution in [-0.4, -0.2) is 54.9 Å². The maximum Gasteiger partial charge on any atom is 0.248 e. The lowest BCUT2D eigenvalue weighted by Crippen LogP contribution is -2.53. The Morgan fingerprint density at radius 3 is 2.39 bits per heavy atom. The molecule has 1 aromatic carbocycles. The average Bonchev–Trinajstić information content (AvgIpc) is 3.41. The molecular weight excluding hydrogens is 402 g/mol. The number of carbonyl (C=O) groups is 1. The molecule has 0 radical (unpaired) electrons. The monoisotopic (exact) mass is 423 g/mol. The fraction of sp³-hybridized carbons (Fsp3) is 0.474. The van der Waals surface area contributed by atoms with E-state index in [9.17, 15) is 13.2 Å². The van der Waals surface area contributed by atoms with E-state index in [4.69, 9.17) is 16.1 Å². The van der Waals surface area contributed by atoms with Gasteiger partial charge in [-0.05, 0) is 44.4 Å². The van der Waals surface area contributed by atoms with Gasteiger partial charge in [-0.25, -0.2) is 8.42 Å². The van der Waals surface area contributed by atoms with Gasteiger partial charge in [0.25, 0.3) is 0 Å². The molecule has 0 atom stereocenters. The highest BCUT2D eigenvalue weighted by molar-refractivity contribution is 7.89. The van der Waals surface area contributed by atoms with Crippen LogP contribution in [0.15, 0.2) is 33.7 Å². The smallest absolute Gasteiger partial charge is 0.248 e. The molecule has 28 heavy (non-hydrogen) atoms. The van der Waals surface area contributed by atoms with Gasteiger partial charge in [-0.2, -0.15) is 4.31 Å². The Bertz CT molecular complexity index is 1000. The van der Waals surface area contributed by atoms with Crippen LogP contribution in [0.3, 0.4) is 0 Å². The molecule has 1 saturated carbocycles. The minimum atomic E-state index is -3.69. The lowest BCUT2D eigenvalue weighted by Gasteiger charge is -2.36. The van der Waals surface area contributed by atoms with Crippen molar-refractivity contribution in [2.75, 3.05) is 26.2 Å². The minimum absolute atomic E-state index is 0.0594. The normalized spacial score (nSPS) is 19.6. The summed E-state index contributed by atoms with van der Waals surface area (Å²) in [7, 11) is -3.69. The van der Waals surface area contributed by atoms with Crippen LogP contribution in [0.4, 0.5) is 0 Å². The number of benzene rings is 1. The summed E-state index contributed by atoms with van der Waals surface area (Å²) in [5.74, 6) is 0.345. The van der Waals surface area contributed by atoms with E-state index in [0.717, 1.165) is 18.4 Å². The van der Waals surface area contributed by atoms with Crippen LogP contribution in [0.25, 0.3) is 0 Å². The van der Waals surface area contributed by atoms with E-state index in [2.05, 4.69) is 5.16 Å². The van der Waals surface area contributed by atoms with Crippen LogP contribution >= 0.6 is 11.6 Å². The Kier molecular flexibility index (Phi) is 4.76. The Labute approximate surface area is 169 Å². The lowest BCUT2D eigenvalue weighted by molar-refractivity contribution is -0.135. The van der Waals surface area contributed by atoms with Gasteiger partial charge in [0.1, 0.15) is 10.6 Å². The largest absolute Gasteiger partial charge is 0.360 e. The van der Waals surface area contributed by atoms with Gasteiger partial charge in [0.15, 0.2) is 5.76 Å². The second kappa shape index (κ2) is 6.86. The van der Waals surface area contributed by atoms with Crippen molar-refractivity contribution in [1.29, 1.82) is 0 Å². The molecule has 150 valence electrons. The average molecular weight is 424 g/mol. The maximum atomic E-state index is 13.2. The first-order chi connectivity index (χ1) is 13.3. The van der Waals surface area contributed by atoms with Gasteiger partial charge < -0.3 is 9.42 Å². The third-order valence-electron chi connectivity index (χ3n) is 5.63. The molecule has 1 aliphatic carbocycles. The molecule has 2 fully saturated rings. The quantitative estimate of drug-likeness (QED) is 0.754. The van der Waals surface area contributed by atoms with Gasteiger partial charge >= 0.3 is 0 Å². The summed E-state index contributed by atoms with van der Waals surface area (Å²) in [5.41, 5.74) is 0.790. The molecule has 0 spiro atoms. The van der Waals surface area contributed by atoms with E-state index < -0.39 is 15.4 Å². The predicted octanol–water partition coefficient (Wildman–Crippen LogP) is 2.51. The molecule has 2 aromatic rings. The first-order valence-corrected chi connectivity index (χ1v) is 11.1. The van der Waals surface area contributed by atoms with E-state index in [1.807, 2.05) is 18.2 Å². The number of piperazine rings is 1. The number of carbonyl (C=O) groups excluding carboxylic acids is 1. The lowest BCUT2D eigenvalue weighted by atomic mass is 9.94. The summed E-state index contributed by atoms with van der Waals surface area (Å²) >= 11 is 6.10. The predicted molar refractivity (Wildman–Crippen MR) is 104 cm³/mol. The molecule has 1 aliphatic heterocycles. The van der Waals surface area contributed by atoms with Gasteiger partial charge in [0.05, 0.1) is 5.41 Å². The molecule has 0 bridgehead atoms. The molecule has 7 nitrogen and oxygen atoms in total. The Morgan fingerprint density at radius 1 is 1.18 bits per heavy atom. The molecule has 0 N–H and O–H groups in total. The standard InChI is InChI=1S/C19H22ClN3O4S/c1-13-17(14(2)27-21-13)28(25,26)23-10-8-22(9-11-23)18(24)19(6-7-19)15-4-3-5-16(20)12-15/h3-5,12H,6-11H2,1-2H3. The molecule has 1 aromatic heterocycles. The molecular formula is C19H22ClN3O4S. The van der Waals surface area contributed by atoms with E-state index in [-0.39, 0.29) is 29.7 Å². The molecule has 4 rings (SSSR count). The molecule has 1 amide bonds. The highest BCUT2D eigenvalue weighted by atomic mass is 35.5. The summed E-state index contributed by atoms with van der Waals surface area (Å²) in [4.78, 5) is 15.1. The summed E-state index contributed by atoms with van der Waals surface area (Å²) < 4.78 is 32.3. The van der Waals surface area contributed by atoms with Crippen molar-refractivity contribution in [2.45, 2.75) is 37.0 Å². The summed E-state index contributed by atoms with van der Waals surface area (Å²) in [5, 5.41) is 4.36. The SMILES string of the molecule is Cc1noc(C)c1S(=O)(=O)N1CCN(C(=O)C2(c3cccc(Cl)c3)CC2)CC1. The Balaban J connectivity index is 1.48. The summed E-state index contributed by atoms with van der Waals surface area (Å²) in [6.07, 6.45) is 1.59. The van der Waals surface area contributed by atoms with Crippen molar-refractivity contribution in [3.05, 3.63) is 46.3 Å². The number of rotatable bonds is 4. The van der Waals surface area contributed by atoms with Gasteiger partial charge in [-0.1, -0.05) is 28.9 Å². The summed E-state index contributed by atoms with van der Waals surface area (Å²) in [6.45, 7) is 4.44. The van der Waals surface area contributed by atoms with Crippen molar-refractivity contribution < 1.29 is 17.7 Å². The van der Waals surface area contributed by atoms with Crippen molar-refractivity contribution in [2.24, 2.45) is 0 Å². The molecule has 0 unspecified atom stereocenters. The third kappa shape index (κ3) is 3.13. The van der Waals surface area contributed by atoms with Crippen molar-refractivity contribution in [1.82, 2.24) is 14.4 Å². The number of hydrogen-bond donors (Lipinski definition) is 0. The van der Waals surface area contributed by atoms with Crippen LogP contribution in [0.2, 0.25) is 5.02 Å². The van der Waals surface area contributed by atoms with E-state index >= 15 is 0 Å². The Morgan fingerprint density at radius 2 is 1.86 bits per heavy atom. The van der Waals surface area contributed by atoms with Crippen LogP contribution in [0, 0.1) is 13.8 Å². The van der Waals surface area contributed by atoms with Gasteiger partial charge in [0.2, 0.25) is 15.9 Å². The zero-order valence-corrected chi connectivity index (χ0v) is 17.4. The van der Waals surface area contributed by atoms with E-state index in [1.165, 1.54) is 4.31 Å². The number of halogens is 1. The van der Waals surface area contributed by atoms with Crippen molar-refractivity contribution in [3.8, 4) is 0 Å². The van der Waals surface area contributed by atoms with E-state index in [0.29, 0.717) is 23.8 Å². The number of aromatic nitrogens is 1. The van der Waals surface area contributed by atoms with Crippen LogP contribution in [-0.2, 0) is 20.2 Å². The number of nitrogens with zero attached hydrogens (tertiary/aromatic N) is 3. The van der Waals surface area contributed by atoms with E-state index in [1.54, 1.807) is 24.8 Å². The molecule has 2 heterocycles. The van der Waals surface area contributed by atoms with Gasteiger partial charge in [0, 0.05) is 31.2 Å². The minimum Gasteiger partial charge on any atom is -0.360 e. The summed E-state index contributed by atoms with van der Waals surface area (Å²) in [6, 6.07) is 7.45. The zero-order valence-electron chi connectivity index (χ0n) is 15.8. The highest BCUT2D eigenvalue weighted by Gasteiger charge is 2.53. The van der Waals surface area contributed by atoms with Crippen LogP contribution in [0.1, 0.15) is 29.9 Å². The molecule has 2 aliphatic rings. The number of hydrogen-bond acceptors (Lipinski definition) is 5. The van der Waals surface area contributed by atoms with Crippen LogP contribution in [0.5, 0.6) is 0 Å². The first kappa shape index (κ1) is 19.4. The first-order valence-electron chi connectivity index (χ1n) is 9.24. The van der Waals surface area contributed by atoms with Gasteiger partial charge in [-0.15, -0.1) is 0 Å². The second-order valence-electron chi connectivity index (χ2n) is 7.44. The molecule has 9 heteroatoms. The highest BCUT2D eigenvalue weighted by Crippen LogP contribution is 2.50. The topological polar surface area (TPSA) is 83.7 Å². The van der Waals surface area contributed by atoms with Crippen LogP contribution < -0.4 is 0 Å². The third-order valence-corrected chi connectivity index (χ3v) is 8.01.